The first kappa shape index (κ1) is 11.2. The summed E-state index contributed by atoms with van der Waals surface area (Å²) in [6.07, 6.45) is -1.53. The van der Waals surface area contributed by atoms with Crippen LogP contribution < -0.4 is 0 Å². The number of methoxy groups -OCH3 is 1. The quantitative estimate of drug-likeness (QED) is 0.781. The number of hydrogen-bond donors (Lipinski definition) is 0. The van der Waals surface area contributed by atoms with Gasteiger partial charge < -0.3 is 4.74 Å². The molecule has 0 bridgehead atoms. The van der Waals surface area contributed by atoms with E-state index in [0.717, 1.165) is 10.0 Å². The van der Waals surface area contributed by atoms with E-state index >= 15 is 0 Å². The van der Waals surface area contributed by atoms with Crippen molar-refractivity contribution in [1.82, 2.24) is 0 Å². The molecule has 0 N–H and O–H groups in total. The van der Waals surface area contributed by atoms with Gasteiger partial charge in [-0.25, -0.2) is 9.18 Å². The molecule has 1 atom stereocenters. The van der Waals surface area contributed by atoms with E-state index in [9.17, 15) is 9.18 Å². The minimum absolute atomic E-state index is 0.0555. The van der Waals surface area contributed by atoms with E-state index in [1.54, 1.807) is 24.3 Å². The SMILES string of the molecule is COC(=O)C(F)Cc1ccc(Br)cc1. The molecule has 0 fully saturated rings. The number of carbonyl (C=O) groups excluding carboxylic acids is 1. The molecule has 0 spiro atoms. The Labute approximate surface area is 90.2 Å². The third kappa shape index (κ3) is 3.10. The van der Waals surface area contributed by atoms with Gasteiger partial charge in [-0.3, -0.25) is 0 Å². The number of alkyl halides is 1. The first-order valence-corrected chi connectivity index (χ1v) is 4.89. The number of esters is 1. The highest BCUT2D eigenvalue weighted by Gasteiger charge is 2.17. The second-order valence-electron chi connectivity index (χ2n) is 2.82. The Kier molecular flexibility index (Phi) is 4.07. The summed E-state index contributed by atoms with van der Waals surface area (Å²) < 4.78 is 18.3. The van der Waals surface area contributed by atoms with Gasteiger partial charge in [0, 0.05) is 10.9 Å². The van der Waals surface area contributed by atoms with Crippen LogP contribution in [0.5, 0.6) is 0 Å². The van der Waals surface area contributed by atoms with Crippen LogP contribution in [0.15, 0.2) is 28.7 Å². The van der Waals surface area contributed by atoms with Crippen molar-refractivity contribution in [3.8, 4) is 0 Å². The molecular formula is C10H10BrFO2. The smallest absolute Gasteiger partial charge is 0.340 e. The maximum atomic E-state index is 13.1. The van der Waals surface area contributed by atoms with Gasteiger partial charge >= 0.3 is 5.97 Å². The minimum atomic E-state index is -1.58. The Morgan fingerprint density at radius 2 is 2.07 bits per heavy atom. The summed E-state index contributed by atoms with van der Waals surface area (Å²) in [5, 5.41) is 0. The van der Waals surface area contributed by atoms with Crippen molar-refractivity contribution >= 4 is 21.9 Å². The molecule has 76 valence electrons. The first-order valence-electron chi connectivity index (χ1n) is 4.10. The Morgan fingerprint density at radius 3 is 2.57 bits per heavy atom. The molecule has 0 aliphatic rings. The van der Waals surface area contributed by atoms with Crippen LogP contribution in [0.4, 0.5) is 4.39 Å². The molecule has 1 aromatic carbocycles. The molecule has 0 heterocycles. The van der Waals surface area contributed by atoms with Crippen molar-refractivity contribution in [2.24, 2.45) is 0 Å². The predicted molar refractivity (Wildman–Crippen MR) is 54.8 cm³/mol. The van der Waals surface area contributed by atoms with E-state index in [1.807, 2.05) is 0 Å². The molecule has 4 heteroatoms. The van der Waals surface area contributed by atoms with Crippen molar-refractivity contribution in [3.05, 3.63) is 34.3 Å². The summed E-state index contributed by atoms with van der Waals surface area (Å²) >= 11 is 3.27. The van der Waals surface area contributed by atoms with Crippen molar-refractivity contribution in [1.29, 1.82) is 0 Å². The normalized spacial score (nSPS) is 12.2. The first-order chi connectivity index (χ1) is 6.63. The Bertz CT molecular complexity index is 310. The predicted octanol–water partition coefficient (Wildman–Crippen LogP) is 2.50. The second kappa shape index (κ2) is 5.10. The summed E-state index contributed by atoms with van der Waals surface area (Å²) in [6, 6.07) is 7.14. The number of rotatable bonds is 3. The third-order valence-electron chi connectivity index (χ3n) is 1.79. The number of ether oxygens (including phenoxy) is 1. The Morgan fingerprint density at radius 1 is 1.50 bits per heavy atom. The summed E-state index contributed by atoms with van der Waals surface area (Å²) in [6.45, 7) is 0. The second-order valence-corrected chi connectivity index (χ2v) is 3.74. The Hall–Kier alpha value is -0.900. The fourth-order valence-electron chi connectivity index (χ4n) is 1.04. The van der Waals surface area contributed by atoms with Gasteiger partial charge in [0.15, 0.2) is 0 Å². The lowest BCUT2D eigenvalue weighted by molar-refractivity contribution is -0.146. The van der Waals surface area contributed by atoms with Gasteiger partial charge in [0.1, 0.15) is 0 Å². The summed E-state index contributed by atoms with van der Waals surface area (Å²) in [4.78, 5) is 10.8. The fraction of sp³-hybridized carbons (Fsp3) is 0.300. The van der Waals surface area contributed by atoms with E-state index < -0.39 is 12.1 Å². The zero-order valence-electron chi connectivity index (χ0n) is 7.67. The largest absolute Gasteiger partial charge is 0.467 e. The van der Waals surface area contributed by atoms with E-state index in [2.05, 4.69) is 20.7 Å². The zero-order valence-corrected chi connectivity index (χ0v) is 9.25. The van der Waals surface area contributed by atoms with Crippen molar-refractivity contribution in [2.45, 2.75) is 12.6 Å². The summed E-state index contributed by atoms with van der Waals surface area (Å²) in [7, 11) is 1.18. The summed E-state index contributed by atoms with van der Waals surface area (Å²) in [5.74, 6) is -0.826. The van der Waals surface area contributed by atoms with E-state index in [4.69, 9.17) is 0 Å². The maximum absolute atomic E-state index is 13.1. The van der Waals surface area contributed by atoms with E-state index in [-0.39, 0.29) is 6.42 Å². The molecule has 0 aliphatic carbocycles. The maximum Gasteiger partial charge on any atom is 0.340 e. The van der Waals surface area contributed by atoms with Crippen LogP contribution in [0.2, 0.25) is 0 Å². The van der Waals surface area contributed by atoms with Gasteiger partial charge in [0.25, 0.3) is 0 Å². The Balaban J connectivity index is 2.60. The van der Waals surface area contributed by atoms with Crippen molar-refractivity contribution < 1.29 is 13.9 Å². The van der Waals surface area contributed by atoms with E-state index in [0.29, 0.717) is 0 Å². The monoisotopic (exact) mass is 260 g/mol. The minimum Gasteiger partial charge on any atom is -0.467 e. The molecule has 1 unspecified atom stereocenters. The lowest BCUT2D eigenvalue weighted by atomic mass is 10.1. The van der Waals surface area contributed by atoms with Crippen molar-refractivity contribution in [3.63, 3.8) is 0 Å². The average molecular weight is 261 g/mol. The van der Waals surface area contributed by atoms with Crippen LogP contribution in [0.3, 0.4) is 0 Å². The van der Waals surface area contributed by atoms with Crippen LogP contribution >= 0.6 is 15.9 Å². The molecule has 0 aromatic heterocycles. The molecule has 0 aliphatic heterocycles. The number of carbonyl (C=O) groups is 1. The summed E-state index contributed by atoms with van der Waals surface area (Å²) in [5.41, 5.74) is 0.770. The van der Waals surface area contributed by atoms with Crippen LogP contribution in [0.1, 0.15) is 5.56 Å². The van der Waals surface area contributed by atoms with Crippen molar-refractivity contribution in [2.75, 3.05) is 7.11 Å². The zero-order chi connectivity index (χ0) is 10.6. The lowest BCUT2D eigenvalue weighted by Gasteiger charge is -2.05. The molecule has 0 radical (unpaired) electrons. The molecule has 2 nitrogen and oxygen atoms in total. The van der Waals surface area contributed by atoms with Crippen LogP contribution in [0, 0.1) is 0 Å². The van der Waals surface area contributed by atoms with Gasteiger partial charge in [0.05, 0.1) is 7.11 Å². The molecule has 1 aromatic rings. The average Bonchev–Trinajstić information content (AvgIpc) is 2.20. The fourth-order valence-corrected chi connectivity index (χ4v) is 1.30. The highest BCUT2D eigenvalue weighted by atomic mass is 79.9. The molecular weight excluding hydrogens is 251 g/mol. The molecule has 0 saturated heterocycles. The van der Waals surface area contributed by atoms with Gasteiger partial charge in [-0.1, -0.05) is 28.1 Å². The standard InChI is InChI=1S/C10H10BrFO2/c1-14-10(13)9(12)6-7-2-4-8(11)5-3-7/h2-5,9H,6H2,1H3. The van der Waals surface area contributed by atoms with Gasteiger partial charge in [-0.2, -0.15) is 0 Å². The van der Waals surface area contributed by atoms with Gasteiger partial charge in [0.2, 0.25) is 6.17 Å². The van der Waals surface area contributed by atoms with Crippen LogP contribution in [-0.2, 0) is 16.0 Å². The number of hydrogen-bond acceptors (Lipinski definition) is 2. The highest BCUT2D eigenvalue weighted by molar-refractivity contribution is 9.10. The topological polar surface area (TPSA) is 26.3 Å². The number of benzene rings is 1. The van der Waals surface area contributed by atoms with Crippen LogP contribution in [-0.4, -0.2) is 19.3 Å². The highest BCUT2D eigenvalue weighted by Crippen LogP contribution is 2.13. The molecule has 0 saturated carbocycles. The molecule has 1 rings (SSSR count). The lowest BCUT2D eigenvalue weighted by Crippen LogP contribution is -2.19. The van der Waals surface area contributed by atoms with Gasteiger partial charge in [-0.05, 0) is 17.7 Å². The third-order valence-corrected chi connectivity index (χ3v) is 2.31. The molecule has 0 amide bonds. The van der Waals surface area contributed by atoms with Crippen LogP contribution in [0.25, 0.3) is 0 Å². The number of halogens is 2. The van der Waals surface area contributed by atoms with E-state index in [1.165, 1.54) is 7.11 Å². The molecule has 14 heavy (non-hydrogen) atoms. The van der Waals surface area contributed by atoms with Gasteiger partial charge in [-0.15, -0.1) is 0 Å².